The van der Waals surface area contributed by atoms with Gasteiger partial charge in [-0.2, -0.15) is 0 Å². The first-order chi connectivity index (χ1) is 10.8. The van der Waals surface area contributed by atoms with Crippen LogP contribution < -0.4 is 5.32 Å². The molecule has 2 aromatic rings. The van der Waals surface area contributed by atoms with E-state index in [0.29, 0.717) is 6.04 Å². The molecule has 0 spiro atoms. The summed E-state index contributed by atoms with van der Waals surface area (Å²) in [4.78, 5) is 2.56. The zero-order valence-electron chi connectivity index (χ0n) is 12.6. The predicted molar refractivity (Wildman–Crippen MR) is 88.9 cm³/mol. The highest BCUT2D eigenvalue weighted by Gasteiger charge is 2.33. The molecule has 1 N–H and O–H groups in total. The smallest absolute Gasteiger partial charge is 0.135 e. The number of piperidine rings is 3. The topological polar surface area (TPSA) is 28.4 Å². The van der Waals surface area contributed by atoms with E-state index in [4.69, 9.17) is 16.0 Å². The molecule has 3 aliphatic rings. The molecule has 0 aliphatic carbocycles. The van der Waals surface area contributed by atoms with Gasteiger partial charge in [-0.1, -0.05) is 23.7 Å². The van der Waals surface area contributed by atoms with Gasteiger partial charge in [0.05, 0.1) is 11.6 Å². The van der Waals surface area contributed by atoms with Crippen LogP contribution in [0.3, 0.4) is 0 Å². The molecule has 3 nitrogen and oxygen atoms in total. The highest BCUT2D eigenvalue weighted by molar-refractivity contribution is 6.33. The fourth-order valence-corrected chi connectivity index (χ4v) is 3.94. The Morgan fingerprint density at radius 1 is 1.14 bits per heavy atom. The zero-order valence-corrected chi connectivity index (χ0v) is 13.4. The van der Waals surface area contributed by atoms with Crippen LogP contribution in [-0.4, -0.2) is 30.6 Å². The second-order valence-corrected chi connectivity index (χ2v) is 6.78. The molecule has 22 heavy (non-hydrogen) atoms. The number of hydrogen-bond donors (Lipinski definition) is 1. The first kappa shape index (κ1) is 14.3. The molecule has 4 heteroatoms. The van der Waals surface area contributed by atoms with Gasteiger partial charge in [-0.3, -0.25) is 0 Å². The van der Waals surface area contributed by atoms with Crippen molar-refractivity contribution in [3.63, 3.8) is 0 Å². The van der Waals surface area contributed by atoms with Crippen molar-refractivity contribution in [3.05, 3.63) is 47.2 Å². The monoisotopic (exact) mass is 316 g/mol. The molecule has 1 aromatic heterocycles. The van der Waals surface area contributed by atoms with Crippen LogP contribution in [0.4, 0.5) is 0 Å². The minimum absolute atomic E-state index is 0.608. The molecule has 3 aliphatic heterocycles. The SMILES string of the molecule is Clc1ccccc1-c1ccc(CN[C@H]2CN3CCC2CC3)o1. The third kappa shape index (κ3) is 2.81. The Balaban J connectivity index is 1.41. The minimum Gasteiger partial charge on any atom is -0.460 e. The van der Waals surface area contributed by atoms with Gasteiger partial charge in [0.15, 0.2) is 0 Å². The van der Waals surface area contributed by atoms with E-state index in [1.54, 1.807) is 0 Å². The lowest BCUT2D eigenvalue weighted by Crippen LogP contribution is -2.55. The molecule has 3 saturated heterocycles. The summed E-state index contributed by atoms with van der Waals surface area (Å²) in [7, 11) is 0. The van der Waals surface area contributed by atoms with Crippen LogP contribution in [0.5, 0.6) is 0 Å². The van der Waals surface area contributed by atoms with Crippen LogP contribution in [0, 0.1) is 5.92 Å². The Hall–Kier alpha value is -1.29. The Kier molecular flexibility index (Phi) is 3.95. The maximum atomic E-state index is 6.23. The van der Waals surface area contributed by atoms with Gasteiger partial charge in [0, 0.05) is 18.2 Å². The van der Waals surface area contributed by atoms with Crippen molar-refractivity contribution in [1.29, 1.82) is 0 Å². The molecule has 0 saturated carbocycles. The number of fused-ring (bicyclic) bond motifs is 3. The summed E-state index contributed by atoms with van der Waals surface area (Å²) >= 11 is 6.23. The quantitative estimate of drug-likeness (QED) is 0.930. The van der Waals surface area contributed by atoms with E-state index in [1.165, 1.54) is 32.5 Å². The molecule has 1 aromatic carbocycles. The zero-order chi connectivity index (χ0) is 14.9. The van der Waals surface area contributed by atoms with Gasteiger partial charge in [0.25, 0.3) is 0 Å². The molecule has 116 valence electrons. The lowest BCUT2D eigenvalue weighted by molar-refractivity contribution is 0.0711. The number of nitrogens with one attached hydrogen (secondary N) is 1. The molecule has 5 rings (SSSR count). The Labute approximate surface area is 136 Å². The second kappa shape index (κ2) is 6.07. The summed E-state index contributed by atoms with van der Waals surface area (Å²) in [6, 6.07) is 12.5. The van der Waals surface area contributed by atoms with Gasteiger partial charge in [-0.15, -0.1) is 0 Å². The van der Waals surface area contributed by atoms with Crippen molar-refractivity contribution < 1.29 is 4.42 Å². The summed E-state index contributed by atoms with van der Waals surface area (Å²) < 4.78 is 5.96. The first-order valence-electron chi connectivity index (χ1n) is 8.09. The molecular weight excluding hydrogens is 296 g/mol. The molecule has 0 unspecified atom stereocenters. The normalized spacial score (nSPS) is 27.2. The average Bonchev–Trinajstić information content (AvgIpc) is 3.03. The van der Waals surface area contributed by atoms with E-state index < -0.39 is 0 Å². The van der Waals surface area contributed by atoms with E-state index in [9.17, 15) is 0 Å². The molecule has 0 amide bonds. The molecule has 2 bridgehead atoms. The maximum Gasteiger partial charge on any atom is 0.135 e. The Bertz CT molecular complexity index is 646. The van der Waals surface area contributed by atoms with Gasteiger partial charge in [0.2, 0.25) is 0 Å². The summed E-state index contributed by atoms with van der Waals surface area (Å²) in [5.74, 6) is 2.66. The molecule has 3 fully saturated rings. The van der Waals surface area contributed by atoms with E-state index in [0.717, 1.165) is 34.6 Å². The van der Waals surface area contributed by atoms with Crippen LogP contribution in [0.25, 0.3) is 11.3 Å². The van der Waals surface area contributed by atoms with Crippen LogP contribution in [-0.2, 0) is 6.54 Å². The number of nitrogens with zero attached hydrogens (tertiary/aromatic N) is 1. The minimum atomic E-state index is 0.608. The summed E-state index contributed by atoms with van der Waals surface area (Å²) in [6.07, 6.45) is 2.67. The second-order valence-electron chi connectivity index (χ2n) is 6.37. The molecule has 0 radical (unpaired) electrons. The third-order valence-electron chi connectivity index (χ3n) is 5.00. The number of furan rings is 1. The average molecular weight is 317 g/mol. The standard InChI is InChI=1S/C18H21ClN2O/c19-16-4-2-1-3-15(16)18-6-5-14(22-18)11-20-17-12-21-9-7-13(17)8-10-21/h1-6,13,17,20H,7-12H2/t17-/m0/s1. The largest absolute Gasteiger partial charge is 0.460 e. The van der Waals surface area contributed by atoms with E-state index in [2.05, 4.69) is 10.2 Å². The lowest BCUT2D eigenvalue weighted by atomic mass is 9.84. The molecule has 4 heterocycles. The highest BCUT2D eigenvalue weighted by atomic mass is 35.5. The van der Waals surface area contributed by atoms with Crippen LogP contribution in [0.15, 0.2) is 40.8 Å². The van der Waals surface area contributed by atoms with Crippen molar-refractivity contribution in [2.24, 2.45) is 5.92 Å². The fourth-order valence-electron chi connectivity index (χ4n) is 3.71. The number of halogens is 1. The summed E-state index contributed by atoms with van der Waals surface area (Å²) in [6.45, 7) is 4.53. The van der Waals surface area contributed by atoms with Crippen LogP contribution >= 0.6 is 11.6 Å². The van der Waals surface area contributed by atoms with Gasteiger partial charge in [-0.05, 0) is 56.1 Å². The van der Waals surface area contributed by atoms with Gasteiger partial charge < -0.3 is 14.6 Å². The van der Waals surface area contributed by atoms with E-state index in [1.807, 2.05) is 36.4 Å². The summed E-state index contributed by atoms with van der Waals surface area (Å²) in [5.41, 5.74) is 0.957. The maximum absolute atomic E-state index is 6.23. The number of hydrogen-bond acceptors (Lipinski definition) is 3. The van der Waals surface area contributed by atoms with Crippen LogP contribution in [0.2, 0.25) is 5.02 Å². The first-order valence-corrected chi connectivity index (χ1v) is 8.47. The van der Waals surface area contributed by atoms with Crippen molar-refractivity contribution in [2.45, 2.75) is 25.4 Å². The van der Waals surface area contributed by atoms with Crippen molar-refractivity contribution in [1.82, 2.24) is 10.2 Å². The van der Waals surface area contributed by atoms with Gasteiger partial charge >= 0.3 is 0 Å². The third-order valence-corrected chi connectivity index (χ3v) is 5.33. The van der Waals surface area contributed by atoms with Crippen molar-refractivity contribution in [3.8, 4) is 11.3 Å². The van der Waals surface area contributed by atoms with Crippen molar-refractivity contribution >= 4 is 11.6 Å². The van der Waals surface area contributed by atoms with Crippen LogP contribution in [0.1, 0.15) is 18.6 Å². The number of benzene rings is 1. The summed E-state index contributed by atoms with van der Waals surface area (Å²) in [5, 5.41) is 4.41. The number of rotatable bonds is 4. The Morgan fingerprint density at radius 3 is 2.68 bits per heavy atom. The highest BCUT2D eigenvalue weighted by Crippen LogP contribution is 2.30. The molecule has 1 atom stereocenters. The van der Waals surface area contributed by atoms with Gasteiger partial charge in [0.1, 0.15) is 11.5 Å². The van der Waals surface area contributed by atoms with E-state index >= 15 is 0 Å². The Morgan fingerprint density at radius 2 is 1.95 bits per heavy atom. The fraction of sp³-hybridized carbons (Fsp3) is 0.444. The van der Waals surface area contributed by atoms with E-state index in [-0.39, 0.29) is 0 Å². The predicted octanol–water partition coefficient (Wildman–Crippen LogP) is 3.78. The molecular formula is C18H21ClN2O. The van der Waals surface area contributed by atoms with Gasteiger partial charge in [-0.25, -0.2) is 0 Å². The van der Waals surface area contributed by atoms with Crippen molar-refractivity contribution in [2.75, 3.05) is 19.6 Å². The lowest BCUT2D eigenvalue weighted by Gasteiger charge is -2.45.